The highest BCUT2D eigenvalue weighted by molar-refractivity contribution is 6.10. The summed E-state index contributed by atoms with van der Waals surface area (Å²) in [5.41, 5.74) is -1.20. The van der Waals surface area contributed by atoms with Gasteiger partial charge in [-0.15, -0.1) is 0 Å². The monoisotopic (exact) mass is 1670 g/mol. The molecule has 6 aromatic carbocycles. The number of amides is 9. The number of Topliss-reactive ketones (excluding diaryl/α,β-unsaturated/α-hetero) is 2. The van der Waals surface area contributed by atoms with Crippen LogP contribution in [0.15, 0.2) is 137 Å². The van der Waals surface area contributed by atoms with Crippen molar-refractivity contribution in [1.29, 1.82) is 0 Å². The van der Waals surface area contributed by atoms with Gasteiger partial charge in [0.15, 0.2) is 5.43 Å². The first-order chi connectivity index (χ1) is 58.8. The Balaban J connectivity index is 0.836. The van der Waals surface area contributed by atoms with Gasteiger partial charge in [0.25, 0.3) is 53.2 Å². The molecule has 0 saturated carbocycles. The van der Waals surface area contributed by atoms with Gasteiger partial charge in [0.1, 0.15) is 51.7 Å². The fourth-order valence-electron chi connectivity index (χ4n) is 15.1. The molecule has 0 radical (unpaired) electrons. The zero-order valence-corrected chi connectivity index (χ0v) is 67.7. The lowest BCUT2D eigenvalue weighted by molar-refractivity contribution is -0.255. The zero-order valence-electron chi connectivity index (χ0n) is 67.7. The molecule has 3 atom stereocenters. The number of carbonyl (C=O) groups excluding carboxylic acids is 12. The number of carboxylic acid groups (broad SMARTS) is 1. The molecule has 34 nitrogen and oxygen atoms in total. The van der Waals surface area contributed by atoms with E-state index in [0.717, 1.165) is 0 Å². The number of carboxylic acids is 1. The summed E-state index contributed by atoms with van der Waals surface area (Å²) in [4.78, 5) is 188. The Labute approximate surface area is 702 Å². The van der Waals surface area contributed by atoms with Crippen LogP contribution in [0.1, 0.15) is 162 Å². The SMILES string of the molecule is CC(=O)CCCN(CCNC(=O)c1ccc(-c2c3ccc(=O)cc-3oc3cc(O)ccc23)c(C(=O)[O-])c1)CCC(=O)CCCCCC1CN2CCNC(=O)c3cccc(c3O)C(=O)NCCN(CCNC(=O)c3cccc(c3O)C(=O)N1)CCN1CCNC(=O)c3cccc(c3O)C(=O)NCCN(CCNC(=O)c3cccc(c3O)C(=O)NCC1)CC2. The number of carbonyl (C=O) groups is 12. The number of hydrogen-bond donors (Lipinski definition) is 14. The number of phenols is 5. The van der Waals surface area contributed by atoms with Crippen molar-refractivity contribution in [2.45, 2.75) is 64.3 Å². The third-order valence-electron chi connectivity index (χ3n) is 21.8. The second-order valence-corrected chi connectivity index (χ2v) is 30.2. The van der Waals surface area contributed by atoms with Gasteiger partial charge < -0.3 is 97.4 Å². The maximum atomic E-state index is 14.8. The molecule has 122 heavy (non-hydrogen) atoms. The summed E-state index contributed by atoms with van der Waals surface area (Å²) in [6, 6.07) is 28.4. The van der Waals surface area contributed by atoms with E-state index in [0.29, 0.717) is 48.7 Å². The molecule has 14 N–H and O–H groups in total. The minimum atomic E-state index is -1.59. The molecular weight excluding hydrogens is 1570 g/mol. The quantitative estimate of drug-likeness (QED) is 0.0409. The summed E-state index contributed by atoms with van der Waals surface area (Å²) >= 11 is 0. The van der Waals surface area contributed by atoms with Gasteiger partial charge in [-0.1, -0.05) is 43.2 Å². The van der Waals surface area contributed by atoms with Crippen LogP contribution in [0, 0.1) is 0 Å². The fraction of sp³-hybridized carbons (Fsp3) is 0.375. The van der Waals surface area contributed by atoms with Crippen LogP contribution in [-0.2, 0) is 9.59 Å². The van der Waals surface area contributed by atoms with Crippen molar-refractivity contribution in [2.75, 3.05) is 151 Å². The molecule has 6 aromatic rings. The molecule has 1 aliphatic carbocycles. The first-order valence-electron chi connectivity index (χ1n) is 40.8. The molecule has 9 amide bonds. The van der Waals surface area contributed by atoms with Crippen LogP contribution in [0.5, 0.6) is 28.7 Å². The van der Waals surface area contributed by atoms with Gasteiger partial charge in [-0.2, -0.15) is 0 Å². The first kappa shape index (κ1) is 89.6. The Hall–Kier alpha value is -13.2. The van der Waals surface area contributed by atoms with E-state index in [1.165, 1.54) is 128 Å². The van der Waals surface area contributed by atoms with E-state index in [9.17, 15) is 93.0 Å². The maximum Gasteiger partial charge on any atom is 0.255 e. The fourth-order valence-corrected chi connectivity index (χ4v) is 15.1. The minimum absolute atomic E-state index is 0.00278. The number of aromatic carboxylic acids is 1. The lowest BCUT2D eigenvalue weighted by Gasteiger charge is -2.31. The summed E-state index contributed by atoms with van der Waals surface area (Å²) in [5.74, 6) is -10.4. The smallest absolute Gasteiger partial charge is 0.255 e. The van der Waals surface area contributed by atoms with Gasteiger partial charge in [0, 0.05) is 209 Å². The maximum absolute atomic E-state index is 14.8. The number of fused-ring (bicyclic) bond motifs is 18. The molecule has 5 heterocycles. The highest BCUT2D eigenvalue weighted by atomic mass is 16.4. The highest BCUT2D eigenvalue weighted by Crippen LogP contribution is 2.42. The Morgan fingerprint density at radius 1 is 0.434 bits per heavy atom. The lowest BCUT2D eigenvalue weighted by atomic mass is 9.90. The van der Waals surface area contributed by atoms with Gasteiger partial charge in [-0.3, -0.25) is 72.3 Å². The number of nitrogens with zero attached hydrogens (tertiary/aromatic N) is 5. The van der Waals surface area contributed by atoms with E-state index in [-0.39, 0.29) is 265 Å². The second-order valence-electron chi connectivity index (χ2n) is 30.2. The molecule has 5 aliphatic heterocycles. The number of benzene rings is 7. The number of phenolic OH excluding ortho intramolecular Hbond substituents is 5. The largest absolute Gasteiger partial charge is 0.545 e. The molecule has 0 fully saturated rings. The Bertz CT molecular complexity index is 5160. The third-order valence-corrected chi connectivity index (χ3v) is 21.8. The summed E-state index contributed by atoms with van der Waals surface area (Å²) in [7, 11) is 0. The van der Waals surface area contributed by atoms with Crippen molar-refractivity contribution >= 4 is 81.7 Å². The van der Waals surface area contributed by atoms with Crippen molar-refractivity contribution in [3.8, 4) is 51.2 Å². The number of nitrogens with one attached hydrogen (secondary N) is 9. The van der Waals surface area contributed by atoms with Crippen LogP contribution in [0.4, 0.5) is 0 Å². The molecule has 644 valence electrons. The molecule has 12 bridgehead atoms. The molecular formula is C88H101N14O20-. The number of unbranched alkanes of at least 4 members (excludes halogenated alkanes) is 2. The lowest BCUT2D eigenvalue weighted by Crippen LogP contribution is -2.49. The van der Waals surface area contributed by atoms with E-state index >= 15 is 0 Å². The summed E-state index contributed by atoms with van der Waals surface area (Å²) < 4.78 is 5.94. The van der Waals surface area contributed by atoms with Crippen LogP contribution in [0.2, 0.25) is 0 Å². The minimum Gasteiger partial charge on any atom is -0.545 e. The molecule has 0 aromatic heterocycles. The predicted molar refractivity (Wildman–Crippen MR) is 448 cm³/mol. The molecule has 0 saturated heterocycles. The van der Waals surface area contributed by atoms with Crippen LogP contribution >= 0.6 is 0 Å². The summed E-state index contributed by atoms with van der Waals surface area (Å²) in [6.45, 7) is 3.55. The van der Waals surface area contributed by atoms with Gasteiger partial charge in [-0.25, -0.2) is 0 Å². The van der Waals surface area contributed by atoms with Crippen LogP contribution in [0.3, 0.4) is 0 Å². The number of aromatic hydroxyl groups is 5. The van der Waals surface area contributed by atoms with Crippen molar-refractivity contribution in [3.05, 3.63) is 193 Å². The van der Waals surface area contributed by atoms with Crippen molar-refractivity contribution < 1.29 is 92.6 Å². The summed E-state index contributed by atoms with van der Waals surface area (Å²) in [6.07, 6.45) is 2.53. The Morgan fingerprint density at radius 2 is 0.861 bits per heavy atom. The van der Waals surface area contributed by atoms with Crippen LogP contribution in [0.25, 0.3) is 33.4 Å². The average Bonchev–Trinajstić information content (AvgIpc) is 0.745. The second kappa shape index (κ2) is 43.2. The number of ketones is 2. The van der Waals surface area contributed by atoms with Gasteiger partial charge in [-0.05, 0) is 123 Å². The molecule has 6 aliphatic rings. The standard InChI is InChI=1S/C88H102N14O20/c1-54(103)10-9-36-98(38-28-89-79(111)55-21-24-60(71(50-55)88(120)121)74-61-25-22-58(105)51-72(61)122-73-52-59(106)23-26-62(73)74)37-27-57(104)12-4-2-3-11-56-53-102-45-35-96-85(117)68-18-7-17-67(77(68)109)82(114)92-31-41-100(42-32-95-86(118)69-19-8-20-70(78(69)110)87(119)97-56)47-46-99-39-29-90-80(112)63-13-5-15-65(75(63)107)83(115)93-33-43-101(48-49-102)44-34-94-84(116)66-16-6-14-64(76(66)108)81(113)91-30-40-99/h5-8,13-26,50-52,56,105,107-110H,2-4,9-12,27-49,53H2,1H3,(H,89,111)(H,90,112)(H,91,113)(H,92,114)(H,93,115)(H,94,116)(H,95,118)(H,96,117)(H,97,119)(H,120,121)/p-1. The molecule has 3 unspecified atom stereocenters. The number of rotatable bonds is 19. The van der Waals surface area contributed by atoms with Gasteiger partial charge in [0.2, 0.25) is 0 Å². The molecule has 12 rings (SSSR count). The van der Waals surface area contributed by atoms with Crippen LogP contribution in [-0.4, -0.2) is 277 Å². The Kier molecular flexibility index (Phi) is 31.7. The van der Waals surface area contributed by atoms with Crippen molar-refractivity contribution in [2.24, 2.45) is 0 Å². The van der Waals surface area contributed by atoms with E-state index in [1.54, 1.807) is 6.07 Å². The summed E-state index contributed by atoms with van der Waals surface area (Å²) in [5, 5.41) is 95.9. The van der Waals surface area contributed by atoms with E-state index in [1.807, 2.05) is 24.5 Å². The number of para-hydroxylation sites is 4. The highest BCUT2D eigenvalue weighted by Gasteiger charge is 2.29. The van der Waals surface area contributed by atoms with Gasteiger partial charge in [0.05, 0.1) is 50.5 Å². The number of hydrogen-bond acceptors (Lipinski definition) is 25. The van der Waals surface area contributed by atoms with Gasteiger partial charge >= 0.3 is 0 Å². The zero-order chi connectivity index (χ0) is 86.9. The Morgan fingerprint density at radius 3 is 1.30 bits per heavy atom. The topological polar surface area (TPSA) is 484 Å². The molecule has 0 spiro atoms. The molecule has 34 heteroatoms. The van der Waals surface area contributed by atoms with Crippen molar-refractivity contribution in [1.82, 2.24) is 72.4 Å². The van der Waals surface area contributed by atoms with Crippen molar-refractivity contribution in [3.63, 3.8) is 0 Å². The third kappa shape index (κ3) is 24.1. The average molecular weight is 1670 g/mol. The van der Waals surface area contributed by atoms with E-state index in [4.69, 9.17) is 4.42 Å². The predicted octanol–water partition coefficient (Wildman–Crippen LogP) is 3.02. The van der Waals surface area contributed by atoms with E-state index < -0.39 is 88.2 Å². The first-order valence-corrected chi connectivity index (χ1v) is 40.8. The van der Waals surface area contributed by atoms with Crippen LogP contribution < -0.4 is 58.4 Å². The normalized spacial score (nSPS) is 18.7. The van der Waals surface area contributed by atoms with E-state index in [2.05, 4.69) is 47.9 Å².